The van der Waals surface area contributed by atoms with Gasteiger partial charge < -0.3 is 10.6 Å². The molecule has 5 heteroatoms. The molecule has 0 spiro atoms. The maximum absolute atomic E-state index is 6.12. The summed E-state index contributed by atoms with van der Waals surface area (Å²) in [7, 11) is 4.17. The molecule has 0 fully saturated rings. The molecule has 1 aromatic carbocycles. The zero-order valence-corrected chi connectivity index (χ0v) is 14.1. The van der Waals surface area contributed by atoms with Crippen LogP contribution in [0, 0.1) is 0 Å². The average Bonchev–Trinajstić information content (AvgIpc) is 2.40. The Morgan fingerprint density at radius 2 is 1.80 bits per heavy atom. The first-order chi connectivity index (χ1) is 9.49. The Bertz CT molecular complexity index is 410. The molecule has 0 bridgehead atoms. The van der Waals surface area contributed by atoms with Gasteiger partial charge in [0.25, 0.3) is 0 Å². The van der Waals surface area contributed by atoms with Crippen LogP contribution in [-0.2, 0) is 0 Å². The maximum Gasteiger partial charge on any atom is 0.0595 e. The largest absolute Gasteiger partial charge is 0.329 e. The summed E-state index contributed by atoms with van der Waals surface area (Å²) in [4.78, 5) is 4.60. The normalized spacial score (nSPS) is 13.2. The van der Waals surface area contributed by atoms with E-state index in [2.05, 4.69) is 30.8 Å². The lowest BCUT2D eigenvalue weighted by Gasteiger charge is -2.32. The van der Waals surface area contributed by atoms with Crippen LogP contribution in [0.25, 0.3) is 0 Å². The molecule has 1 atom stereocenters. The van der Waals surface area contributed by atoms with Gasteiger partial charge in [0.05, 0.1) is 10.0 Å². The molecule has 1 aromatic rings. The van der Waals surface area contributed by atoms with E-state index in [1.165, 1.54) is 0 Å². The number of halogens is 2. The highest BCUT2D eigenvalue weighted by molar-refractivity contribution is 6.42. The fourth-order valence-corrected chi connectivity index (χ4v) is 2.56. The van der Waals surface area contributed by atoms with Crippen LogP contribution in [0.4, 0.5) is 0 Å². The summed E-state index contributed by atoms with van der Waals surface area (Å²) in [6.45, 7) is 5.78. The molecule has 0 saturated carbocycles. The van der Waals surface area contributed by atoms with Crippen molar-refractivity contribution in [2.24, 2.45) is 5.73 Å². The van der Waals surface area contributed by atoms with Crippen molar-refractivity contribution in [2.45, 2.75) is 19.4 Å². The first-order valence-corrected chi connectivity index (χ1v) is 7.79. The van der Waals surface area contributed by atoms with Gasteiger partial charge in [0.15, 0.2) is 0 Å². The number of hydrogen-bond donors (Lipinski definition) is 1. The Labute approximate surface area is 132 Å². The van der Waals surface area contributed by atoms with Crippen LogP contribution in [0.5, 0.6) is 0 Å². The Morgan fingerprint density at radius 3 is 2.30 bits per heavy atom. The van der Waals surface area contributed by atoms with E-state index >= 15 is 0 Å². The highest BCUT2D eigenvalue weighted by Gasteiger charge is 2.19. The molecular weight excluding hydrogens is 293 g/mol. The van der Waals surface area contributed by atoms with Crippen LogP contribution >= 0.6 is 23.2 Å². The fourth-order valence-electron chi connectivity index (χ4n) is 2.25. The van der Waals surface area contributed by atoms with Gasteiger partial charge in [0.1, 0.15) is 0 Å². The van der Waals surface area contributed by atoms with Crippen molar-refractivity contribution in [3.8, 4) is 0 Å². The molecule has 0 radical (unpaired) electrons. The SMILES string of the molecule is CCCN(CCN(C)C)C(CN)c1ccc(Cl)c(Cl)c1. The lowest BCUT2D eigenvalue weighted by Crippen LogP contribution is -2.38. The van der Waals surface area contributed by atoms with Crippen LogP contribution < -0.4 is 5.73 Å². The van der Waals surface area contributed by atoms with Gasteiger partial charge in [0.2, 0.25) is 0 Å². The first kappa shape index (κ1) is 17.7. The smallest absolute Gasteiger partial charge is 0.0595 e. The molecule has 0 amide bonds. The maximum atomic E-state index is 6.12. The standard InChI is InChI=1S/C15H25Cl2N3/c1-4-7-20(9-8-19(2)3)15(11-18)12-5-6-13(16)14(17)10-12/h5-6,10,15H,4,7-9,11,18H2,1-3H3. The van der Waals surface area contributed by atoms with Crippen molar-refractivity contribution < 1.29 is 0 Å². The number of hydrogen-bond acceptors (Lipinski definition) is 3. The summed E-state index contributed by atoms with van der Waals surface area (Å²) in [5.41, 5.74) is 7.13. The third kappa shape index (κ3) is 5.23. The monoisotopic (exact) mass is 317 g/mol. The van der Waals surface area contributed by atoms with Gasteiger partial charge in [-0.15, -0.1) is 0 Å². The average molecular weight is 318 g/mol. The molecular formula is C15H25Cl2N3. The second-order valence-electron chi connectivity index (χ2n) is 5.26. The minimum absolute atomic E-state index is 0.185. The molecule has 0 heterocycles. The summed E-state index contributed by atoms with van der Waals surface area (Å²) in [6.07, 6.45) is 1.10. The number of nitrogens with two attached hydrogens (primary N) is 1. The van der Waals surface area contributed by atoms with E-state index in [1.54, 1.807) is 0 Å². The lowest BCUT2D eigenvalue weighted by molar-refractivity contribution is 0.182. The Morgan fingerprint density at radius 1 is 1.10 bits per heavy atom. The van der Waals surface area contributed by atoms with E-state index in [4.69, 9.17) is 28.9 Å². The number of benzene rings is 1. The molecule has 0 aromatic heterocycles. The molecule has 1 unspecified atom stereocenters. The topological polar surface area (TPSA) is 32.5 Å². The molecule has 20 heavy (non-hydrogen) atoms. The second-order valence-corrected chi connectivity index (χ2v) is 6.08. The van der Waals surface area contributed by atoms with Crippen LogP contribution in [0.2, 0.25) is 10.0 Å². The molecule has 3 nitrogen and oxygen atoms in total. The Hall–Kier alpha value is -0.320. The summed E-state index contributed by atoms with van der Waals surface area (Å²) < 4.78 is 0. The predicted octanol–water partition coefficient (Wildman–Crippen LogP) is 3.27. The Balaban J connectivity index is 2.90. The zero-order chi connectivity index (χ0) is 15.1. The van der Waals surface area contributed by atoms with Gasteiger partial charge in [0, 0.05) is 25.7 Å². The van der Waals surface area contributed by atoms with E-state index in [0.717, 1.165) is 31.6 Å². The molecule has 1 rings (SSSR count). The minimum atomic E-state index is 0.185. The van der Waals surface area contributed by atoms with Gasteiger partial charge in [-0.05, 0) is 44.8 Å². The third-order valence-electron chi connectivity index (χ3n) is 3.34. The highest BCUT2D eigenvalue weighted by atomic mass is 35.5. The zero-order valence-electron chi connectivity index (χ0n) is 12.6. The van der Waals surface area contributed by atoms with Crippen LogP contribution in [0.3, 0.4) is 0 Å². The van der Waals surface area contributed by atoms with E-state index in [0.29, 0.717) is 16.6 Å². The van der Waals surface area contributed by atoms with Crippen molar-refractivity contribution >= 4 is 23.2 Å². The van der Waals surface area contributed by atoms with Crippen LogP contribution in [0.15, 0.2) is 18.2 Å². The Kier molecular flexibility index (Phi) is 7.85. The molecule has 0 aliphatic heterocycles. The lowest BCUT2D eigenvalue weighted by atomic mass is 10.0. The van der Waals surface area contributed by atoms with Gasteiger partial charge in [-0.2, -0.15) is 0 Å². The molecule has 0 aliphatic rings. The summed E-state index contributed by atoms with van der Waals surface area (Å²) >= 11 is 12.1. The van der Waals surface area contributed by atoms with Crippen molar-refractivity contribution in [3.05, 3.63) is 33.8 Å². The molecule has 2 N–H and O–H groups in total. The van der Waals surface area contributed by atoms with Crippen molar-refractivity contribution in [3.63, 3.8) is 0 Å². The van der Waals surface area contributed by atoms with Gasteiger partial charge in [-0.1, -0.05) is 36.2 Å². The van der Waals surface area contributed by atoms with E-state index < -0.39 is 0 Å². The van der Waals surface area contributed by atoms with Crippen molar-refractivity contribution in [1.82, 2.24) is 9.80 Å². The summed E-state index contributed by atoms with van der Waals surface area (Å²) in [5.74, 6) is 0. The van der Waals surface area contributed by atoms with E-state index in [-0.39, 0.29) is 6.04 Å². The van der Waals surface area contributed by atoms with Crippen LogP contribution in [0.1, 0.15) is 24.9 Å². The fraction of sp³-hybridized carbons (Fsp3) is 0.600. The predicted molar refractivity (Wildman–Crippen MR) is 88.7 cm³/mol. The first-order valence-electron chi connectivity index (χ1n) is 7.03. The van der Waals surface area contributed by atoms with Gasteiger partial charge in [-0.3, -0.25) is 4.90 Å². The van der Waals surface area contributed by atoms with Gasteiger partial charge >= 0.3 is 0 Å². The van der Waals surface area contributed by atoms with Crippen molar-refractivity contribution in [2.75, 3.05) is 40.3 Å². The third-order valence-corrected chi connectivity index (χ3v) is 4.08. The number of likely N-dealkylation sites (N-methyl/N-ethyl adjacent to an activating group) is 1. The summed E-state index contributed by atoms with van der Waals surface area (Å²) in [6, 6.07) is 5.98. The number of rotatable bonds is 8. The molecule has 114 valence electrons. The highest BCUT2D eigenvalue weighted by Crippen LogP contribution is 2.28. The minimum Gasteiger partial charge on any atom is -0.329 e. The van der Waals surface area contributed by atoms with E-state index in [9.17, 15) is 0 Å². The number of nitrogens with zero attached hydrogens (tertiary/aromatic N) is 2. The second kappa shape index (κ2) is 8.85. The van der Waals surface area contributed by atoms with Crippen LogP contribution in [-0.4, -0.2) is 50.1 Å². The summed E-state index contributed by atoms with van der Waals surface area (Å²) in [5, 5.41) is 1.17. The molecule has 0 saturated heterocycles. The van der Waals surface area contributed by atoms with Gasteiger partial charge in [-0.25, -0.2) is 0 Å². The molecule has 0 aliphatic carbocycles. The van der Waals surface area contributed by atoms with Crippen molar-refractivity contribution in [1.29, 1.82) is 0 Å². The quantitative estimate of drug-likeness (QED) is 0.798. The van der Waals surface area contributed by atoms with E-state index in [1.807, 2.05) is 18.2 Å².